The molecular formula is C19H24N4O4. The number of methoxy groups -OCH3 is 1. The molecule has 0 aromatic heterocycles. The number of hydrogen-bond acceptors (Lipinski definition) is 6. The molecule has 2 fully saturated rings. The van der Waals surface area contributed by atoms with Crippen LogP contribution in [-0.2, 0) is 27.4 Å². The molecule has 0 radical (unpaired) electrons. The molecular weight excluding hydrogens is 348 g/mol. The van der Waals surface area contributed by atoms with Crippen LogP contribution in [0.3, 0.4) is 0 Å². The van der Waals surface area contributed by atoms with Crippen LogP contribution in [0.25, 0.3) is 0 Å². The third kappa shape index (κ3) is 3.36. The SMILES string of the molecule is CO[C@@H]1CN(Cc2ccc3c(c2)CN(C2CCC(=O)NC2=O)C3=O)C[C@H]1N. The summed E-state index contributed by atoms with van der Waals surface area (Å²) in [5.74, 6) is -0.807. The van der Waals surface area contributed by atoms with Gasteiger partial charge in [-0.15, -0.1) is 0 Å². The second-order valence-electron chi connectivity index (χ2n) is 7.52. The Bertz CT molecular complexity index is 796. The van der Waals surface area contributed by atoms with Crippen LogP contribution in [0.2, 0.25) is 0 Å². The zero-order chi connectivity index (χ0) is 19.1. The molecule has 8 heteroatoms. The van der Waals surface area contributed by atoms with Crippen molar-refractivity contribution in [2.45, 2.75) is 44.1 Å². The highest BCUT2D eigenvalue weighted by Crippen LogP contribution is 2.28. The number of piperidine rings is 1. The van der Waals surface area contributed by atoms with E-state index in [1.807, 2.05) is 18.2 Å². The lowest BCUT2D eigenvalue weighted by molar-refractivity contribution is -0.136. The lowest BCUT2D eigenvalue weighted by Crippen LogP contribution is -2.52. The van der Waals surface area contributed by atoms with Crippen LogP contribution in [0.4, 0.5) is 0 Å². The summed E-state index contributed by atoms with van der Waals surface area (Å²) < 4.78 is 5.40. The van der Waals surface area contributed by atoms with Crippen molar-refractivity contribution >= 4 is 17.7 Å². The Morgan fingerprint density at radius 1 is 1.26 bits per heavy atom. The van der Waals surface area contributed by atoms with E-state index in [4.69, 9.17) is 10.5 Å². The maximum absolute atomic E-state index is 12.7. The summed E-state index contributed by atoms with van der Waals surface area (Å²) in [4.78, 5) is 40.0. The van der Waals surface area contributed by atoms with E-state index in [1.54, 1.807) is 12.0 Å². The van der Waals surface area contributed by atoms with E-state index in [-0.39, 0.29) is 36.3 Å². The van der Waals surface area contributed by atoms with Crippen LogP contribution >= 0.6 is 0 Å². The van der Waals surface area contributed by atoms with Gasteiger partial charge in [-0.3, -0.25) is 24.6 Å². The molecule has 3 heterocycles. The maximum Gasteiger partial charge on any atom is 0.255 e. The van der Waals surface area contributed by atoms with Gasteiger partial charge in [-0.25, -0.2) is 0 Å². The smallest absolute Gasteiger partial charge is 0.255 e. The van der Waals surface area contributed by atoms with Crippen molar-refractivity contribution in [3.8, 4) is 0 Å². The van der Waals surface area contributed by atoms with Gasteiger partial charge >= 0.3 is 0 Å². The van der Waals surface area contributed by atoms with E-state index in [2.05, 4.69) is 10.2 Å². The molecule has 1 unspecified atom stereocenters. The molecule has 27 heavy (non-hydrogen) atoms. The van der Waals surface area contributed by atoms with Gasteiger partial charge in [0.1, 0.15) is 6.04 Å². The molecule has 0 saturated carbocycles. The first-order chi connectivity index (χ1) is 13.0. The Labute approximate surface area is 157 Å². The highest BCUT2D eigenvalue weighted by atomic mass is 16.5. The number of imide groups is 1. The summed E-state index contributed by atoms with van der Waals surface area (Å²) in [7, 11) is 1.68. The van der Waals surface area contributed by atoms with Gasteiger partial charge in [0, 0.05) is 51.3 Å². The van der Waals surface area contributed by atoms with E-state index < -0.39 is 6.04 Å². The third-order valence-electron chi connectivity index (χ3n) is 5.68. The van der Waals surface area contributed by atoms with Crippen LogP contribution in [0.5, 0.6) is 0 Å². The number of carbonyl (C=O) groups is 3. The van der Waals surface area contributed by atoms with Crippen molar-refractivity contribution in [2.75, 3.05) is 20.2 Å². The van der Waals surface area contributed by atoms with Crippen molar-refractivity contribution in [3.63, 3.8) is 0 Å². The average molecular weight is 372 g/mol. The van der Waals surface area contributed by atoms with E-state index >= 15 is 0 Å². The summed E-state index contributed by atoms with van der Waals surface area (Å²) in [6.07, 6.45) is 0.683. The molecule has 8 nitrogen and oxygen atoms in total. The Kier molecular flexibility index (Phi) is 4.71. The van der Waals surface area contributed by atoms with E-state index in [9.17, 15) is 14.4 Å². The molecule has 0 bridgehead atoms. The van der Waals surface area contributed by atoms with Crippen molar-refractivity contribution < 1.29 is 19.1 Å². The quantitative estimate of drug-likeness (QED) is 0.697. The number of rotatable bonds is 4. The molecule has 0 spiro atoms. The van der Waals surface area contributed by atoms with Gasteiger partial charge in [-0.1, -0.05) is 12.1 Å². The van der Waals surface area contributed by atoms with Gasteiger partial charge in [0.2, 0.25) is 11.8 Å². The maximum atomic E-state index is 12.7. The van der Waals surface area contributed by atoms with Crippen LogP contribution in [0, 0.1) is 0 Å². The highest BCUT2D eigenvalue weighted by molar-refractivity contribution is 6.05. The molecule has 1 aromatic carbocycles. The molecule has 3 aliphatic heterocycles. The van der Waals surface area contributed by atoms with E-state index in [1.165, 1.54) is 0 Å². The topological polar surface area (TPSA) is 105 Å². The number of nitrogens with two attached hydrogens (primary N) is 1. The molecule has 3 N–H and O–H groups in total. The van der Waals surface area contributed by atoms with Gasteiger partial charge in [0.25, 0.3) is 5.91 Å². The molecule has 144 valence electrons. The van der Waals surface area contributed by atoms with Crippen LogP contribution in [0.15, 0.2) is 18.2 Å². The fourth-order valence-corrected chi connectivity index (χ4v) is 4.24. The number of ether oxygens (including phenoxy) is 1. The minimum Gasteiger partial charge on any atom is -0.378 e. The molecule has 2 saturated heterocycles. The minimum atomic E-state index is -0.579. The van der Waals surface area contributed by atoms with Crippen LogP contribution in [-0.4, -0.2) is 65.9 Å². The van der Waals surface area contributed by atoms with Crippen molar-refractivity contribution in [1.82, 2.24) is 15.1 Å². The standard InChI is InChI=1S/C19H24N4O4/c1-27-16-10-22(9-14(16)20)7-11-2-3-13-12(6-11)8-23(19(13)26)15-4-5-17(24)21-18(15)25/h2-3,6,14-16H,4-5,7-10,20H2,1H3,(H,21,24,25)/t14-,15?,16-/m1/s1. The Morgan fingerprint density at radius 2 is 2.07 bits per heavy atom. The van der Waals surface area contributed by atoms with Gasteiger partial charge in [0.05, 0.1) is 6.10 Å². The fourth-order valence-electron chi connectivity index (χ4n) is 4.24. The Morgan fingerprint density at radius 3 is 2.78 bits per heavy atom. The van der Waals surface area contributed by atoms with Crippen LogP contribution in [0.1, 0.15) is 34.3 Å². The number of nitrogens with zero attached hydrogens (tertiary/aromatic N) is 2. The summed E-state index contributed by atoms with van der Waals surface area (Å²) in [5, 5.41) is 2.32. The van der Waals surface area contributed by atoms with E-state index in [0.29, 0.717) is 18.5 Å². The predicted octanol–water partition coefficient (Wildman–Crippen LogP) is -0.394. The van der Waals surface area contributed by atoms with Crippen molar-refractivity contribution in [1.29, 1.82) is 0 Å². The number of likely N-dealkylation sites (tertiary alicyclic amines) is 1. The minimum absolute atomic E-state index is 0.00835. The molecule has 4 rings (SSSR count). The lowest BCUT2D eigenvalue weighted by atomic mass is 10.0. The average Bonchev–Trinajstić information content (AvgIpc) is 3.14. The zero-order valence-electron chi connectivity index (χ0n) is 15.3. The first-order valence-electron chi connectivity index (χ1n) is 9.23. The zero-order valence-corrected chi connectivity index (χ0v) is 15.3. The fraction of sp³-hybridized carbons (Fsp3) is 0.526. The second-order valence-corrected chi connectivity index (χ2v) is 7.52. The second kappa shape index (κ2) is 7.03. The highest BCUT2D eigenvalue weighted by Gasteiger charge is 2.39. The van der Waals surface area contributed by atoms with Crippen molar-refractivity contribution in [2.24, 2.45) is 5.73 Å². The largest absolute Gasteiger partial charge is 0.378 e. The van der Waals surface area contributed by atoms with Gasteiger partial charge in [0.15, 0.2) is 0 Å². The third-order valence-corrected chi connectivity index (χ3v) is 5.68. The molecule has 0 aliphatic carbocycles. The molecule has 3 atom stereocenters. The van der Waals surface area contributed by atoms with Crippen LogP contribution < -0.4 is 11.1 Å². The Hall–Kier alpha value is -2.29. The number of carbonyl (C=O) groups excluding carboxylic acids is 3. The number of benzene rings is 1. The monoisotopic (exact) mass is 372 g/mol. The summed E-state index contributed by atoms with van der Waals surface area (Å²) >= 11 is 0. The predicted molar refractivity (Wildman–Crippen MR) is 96.5 cm³/mol. The number of amides is 3. The van der Waals surface area contributed by atoms with Gasteiger partial charge < -0.3 is 15.4 Å². The number of hydrogen-bond donors (Lipinski definition) is 2. The first kappa shape index (κ1) is 18.1. The normalized spacial score (nSPS) is 28.6. The number of nitrogens with one attached hydrogen (secondary N) is 1. The summed E-state index contributed by atoms with van der Waals surface area (Å²) in [6.45, 7) is 2.70. The number of fused-ring (bicyclic) bond motifs is 1. The molecule has 3 aliphatic rings. The molecule has 1 aromatic rings. The van der Waals surface area contributed by atoms with Crippen molar-refractivity contribution in [3.05, 3.63) is 34.9 Å². The summed E-state index contributed by atoms with van der Waals surface area (Å²) in [6, 6.07) is 5.25. The van der Waals surface area contributed by atoms with Gasteiger partial charge in [-0.05, 0) is 23.6 Å². The Balaban J connectivity index is 1.46. The van der Waals surface area contributed by atoms with Gasteiger partial charge in [-0.2, -0.15) is 0 Å². The first-order valence-corrected chi connectivity index (χ1v) is 9.23. The molecule has 3 amide bonds. The lowest BCUT2D eigenvalue weighted by Gasteiger charge is -2.29. The summed E-state index contributed by atoms with van der Waals surface area (Å²) in [5.41, 5.74) is 8.75. The van der Waals surface area contributed by atoms with E-state index in [0.717, 1.165) is 30.8 Å².